The lowest BCUT2D eigenvalue weighted by Crippen LogP contribution is -2.39. The predicted octanol–water partition coefficient (Wildman–Crippen LogP) is 2.55. The first-order chi connectivity index (χ1) is 12.4. The molecule has 0 aliphatic heterocycles. The molecule has 0 saturated carbocycles. The summed E-state index contributed by atoms with van der Waals surface area (Å²) < 4.78 is 3.76. The molecule has 26 heavy (non-hydrogen) atoms. The SMILES string of the molecule is CCCCc1ccc(-n2nnn(CN(C)CC(=O)NC(C)C)c2=S)cc1. The van der Waals surface area contributed by atoms with Crippen LogP contribution in [0.25, 0.3) is 5.69 Å². The molecule has 0 saturated heterocycles. The third-order valence-corrected chi connectivity index (χ3v) is 4.26. The predicted molar refractivity (Wildman–Crippen MR) is 105 cm³/mol. The van der Waals surface area contributed by atoms with Crippen LogP contribution in [0.15, 0.2) is 24.3 Å². The van der Waals surface area contributed by atoms with E-state index in [0.717, 1.165) is 12.1 Å². The van der Waals surface area contributed by atoms with Crippen LogP contribution in [0.5, 0.6) is 0 Å². The minimum atomic E-state index is -0.0240. The van der Waals surface area contributed by atoms with Crippen molar-refractivity contribution < 1.29 is 4.79 Å². The first kappa shape index (κ1) is 20.3. The van der Waals surface area contributed by atoms with Crippen LogP contribution in [0.3, 0.4) is 0 Å². The molecule has 0 aliphatic rings. The second kappa shape index (κ2) is 9.59. The van der Waals surface area contributed by atoms with E-state index in [4.69, 9.17) is 12.2 Å². The fraction of sp³-hybridized carbons (Fsp3) is 0.556. The van der Waals surface area contributed by atoms with Gasteiger partial charge in [-0.2, -0.15) is 4.68 Å². The summed E-state index contributed by atoms with van der Waals surface area (Å²) in [6.45, 7) is 6.74. The lowest BCUT2D eigenvalue weighted by molar-refractivity contribution is -0.122. The first-order valence-corrected chi connectivity index (χ1v) is 9.41. The molecule has 0 fully saturated rings. The zero-order chi connectivity index (χ0) is 19.1. The fourth-order valence-electron chi connectivity index (χ4n) is 2.60. The van der Waals surface area contributed by atoms with Gasteiger partial charge in [-0.3, -0.25) is 9.69 Å². The van der Waals surface area contributed by atoms with Crippen molar-refractivity contribution in [2.45, 2.75) is 52.7 Å². The van der Waals surface area contributed by atoms with Crippen LogP contribution in [-0.4, -0.2) is 50.2 Å². The quantitative estimate of drug-likeness (QED) is 0.681. The zero-order valence-electron chi connectivity index (χ0n) is 16.0. The van der Waals surface area contributed by atoms with Gasteiger partial charge in [-0.1, -0.05) is 25.5 Å². The largest absolute Gasteiger partial charge is 0.353 e. The number of unbranched alkanes of at least 4 members (excludes halogenated alkanes) is 1. The molecule has 2 aromatic rings. The van der Waals surface area contributed by atoms with Crippen LogP contribution in [-0.2, 0) is 17.9 Å². The molecular weight excluding hydrogens is 348 g/mol. The van der Waals surface area contributed by atoms with Gasteiger partial charge in [0.25, 0.3) is 0 Å². The summed E-state index contributed by atoms with van der Waals surface area (Å²) in [6, 6.07) is 8.36. The molecule has 7 nitrogen and oxygen atoms in total. The molecule has 1 aromatic carbocycles. The molecule has 0 atom stereocenters. The first-order valence-electron chi connectivity index (χ1n) is 9.00. The van der Waals surface area contributed by atoms with E-state index in [1.807, 2.05) is 37.9 Å². The minimum absolute atomic E-state index is 0.0240. The Labute approximate surface area is 160 Å². The molecule has 1 heterocycles. The van der Waals surface area contributed by atoms with E-state index in [1.54, 1.807) is 9.36 Å². The summed E-state index contributed by atoms with van der Waals surface area (Å²) in [5.74, 6) is -0.0240. The van der Waals surface area contributed by atoms with E-state index in [9.17, 15) is 4.79 Å². The lowest BCUT2D eigenvalue weighted by Gasteiger charge is -2.16. The van der Waals surface area contributed by atoms with E-state index in [2.05, 4.69) is 34.8 Å². The van der Waals surface area contributed by atoms with Gasteiger partial charge in [-0.05, 0) is 74.1 Å². The van der Waals surface area contributed by atoms with Crippen LogP contribution in [0, 0.1) is 4.77 Å². The van der Waals surface area contributed by atoms with Gasteiger partial charge < -0.3 is 5.32 Å². The van der Waals surface area contributed by atoms with Crippen molar-refractivity contribution in [2.75, 3.05) is 13.6 Å². The molecule has 8 heteroatoms. The van der Waals surface area contributed by atoms with E-state index in [-0.39, 0.29) is 18.5 Å². The Bertz CT molecular complexity index is 765. The normalized spacial score (nSPS) is 11.3. The van der Waals surface area contributed by atoms with Crippen molar-refractivity contribution in [3.05, 3.63) is 34.6 Å². The van der Waals surface area contributed by atoms with E-state index < -0.39 is 0 Å². The number of carbonyl (C=O) groups is 1. The lowest BCUT2D eigenvalue weighted by atomic mass is 10.1. The summed E-state index contributed by atoms with van der Waals surface area (Å²) in [5, 5.41) is 11.1. The number of rotatable bonds is 9. The maximum Gasteiger partial charge on any atom is 0.234 e. The summed E-state index contributed by atoms with van der Waals surface area (Å²) in [4.78, 5) is 13.7. The fourth-order valence-corrected chi connectivity index (χ4v) is 2.84. The molecule has 0 spiro atoms. The summed E-state index contributed by atoms with van der Waals surface area (Å²) in [5.41, 5.74) is 2.20. The van der Waals surface area contributed by atoms with Crippen LogP contribution >= 0.6 is 12.2 Å². The highest BCUT2D eigenvalue weighted by Gasteiger charge is 2.11. The van der Waals surface area contributed by atoms with Gasteiger partial charge in [-0.15, -0.1) is 0 Å². The van der Waals surface area contributed by atoms with E-state index >= 15 is 0 Å². The number of likely N-dealkylation sites (N-methyl/N-ethyl adjacent to an activating group) is 1. The van der Waals surface area contributed by atoms with Gasteiger partial charge in [0.15, 0.2) is 0 Å². The van der Waals surface area contributed by atoms with E-state index in [0.29, 0.717) is 11.4 Å². The monoisotopic (exact) mass is 376 g/mol. The molecule has 0 unspecified atom stereocenters. The van der Waals surface area contributed by atoms with Gasteiger partial charge in [0.2, 0.25) is 10.7 Å². The number of nitrogens with zero attached hydrogens (tertiary/aromatic N) is 5. The molecule has 0 bridgehead atoms. The van der Waals surface area contributed by atoms with Crippen LogP contribution in [0.4, 0.5) is 0 Å². The smallest absolute Gasteiger partial charge is 0.234 e. The maximum atomic E-state index is 11.8. The van der Waals surface area contributed by atoms with Gasteiger partial charge in [0.1, 0.15) is 0 Å². The minimum Gasteiger partial charge on any atom is -0.353 e. The Morgan fingerprint density at radius 3 is 2.58 bits per heavy atom. The molecule has 142 valence electrons. The third-order valence-electron chi connectivity index (χ3n) is 3.88. The number of aryl methyl sites for hydroxylation is 1. The molecule has 1 amide bonds. The highest BCUT2D eigenvalue weighted by atomic mass is 32.1. The Morgan fingerprint density at radius 2 is 1.96 bits per heavy atom. The molecule has 0 radical (unpaired) electrons. The molecule has 1 N–H and O–H groups in total. The van der Waals surface area contributed by atoms with Crippen molar-refractivity contribution >= 4 is 18.1 Å². The number of benzene rings is 1. The number of hydrogen-bond donors (Lipinski definition) is 1. The average molecular weight is 377 g/mol. The molecular formula is C18H28N6OS. The highest BCUT2D eigenvalue weighted by molar-refractivity contribution is 7.71. The number of amides is 1. The van der Waals surface area contributed by atoms with Gasteiger partial charge >= 0.3 is 0 Å². The third kappa shape index (κ3) is 5.74. The highest BCUT2D eigenvalue weighted by Crippen LogP contribution is 2.11. The Balaban J connectivity index is 2.03. The second-order valence-corrected chi connectivity index (χ2v) is 7.19. The molecule has 2 rings (SSSR count). The number of tetrazole rings is 1. The van der Waals surface area contributed by atoms with Crippen molar-refractivity contribution in [3.63, 3.8) is 0 Å². The maximum absolute atomic E-state index is 11.8. The van der Waals surface area contributed by atoms with Crippen molar-refractivity contribution in [1.82, 2.24) is 30.0 Å². The number of carbonyl (C=O) groups excluding carboxylic acids is 1. The van der Waals surface area contributed by atoms with Crippen LogP contribution in [0.2, 0.25) is 0 Å². The Morgan fingerprint density at radius 1 is 1.27 bits per heavy atom. The summed E-state index contributed by atoms with van der Waals surface area (Å²) in [7, 11) is 1.85. The zero-order valence-corrected chi connectivity index (χ0v) is 16.8. The Hall–Kier alpha value is -2.06. The van der Waals surface area contributed by atoms with Crippen LogP contribution < -0.4 is 5.32 Å². The van der Waals surface area contributed by atoms with Gasteiger partial charge in [0, 0.05) is 6.04 Å². The number of nitrogens with one attached hydrogen (secondary N) is 1. The van der Waals surface area contributed by atoms with Gasteiger partial charge in [0.05, 0.1) is 18.9 Å². The molecule has 0 aliphatic carbocycles. The topological polar surface area (TPSA) is 68.0 Å². The summed E-state index contributed by atoms with van der Waals surface area (Å²) in [6.07, 6.45) is 3.45. The van der Waals surface area contributed by atoms with Crippen molar-refractivity contribution in [1.29, 1.82) is 0 Å². The number of aromatic nitrogens is 4. The molecule has 1 aromatic heterocycles. The van der Waals surface area contributed by atoms with Gasteiger partial charge in [-0.25, -0.2) is 4.68 Å². The number of hydrogen-bond acceptors (Lipinski definition) is 5. The summed E-state index contributed by atoms with van der Waals surface area (Å²) >= 11 is 5.49. The standard InChI is InChI=1S/C18H28N6OS/c1-5-6-7-15-8-10-16(11-9-15)24-18(26)23(20-21-24)13-22(4)12-17(25)19-14(2)3/h8-11,14H,5-7,12-13H2,1-4H3,(H,19,25). The van der Waals surface area contributed by atoms with Crippen molar-refractivity contribution in [2.24, 2.45) is 0 Å². The Kier molecular flexibility index (Phi) is 7.47. The second-order valence-electron chi connectivity index (χ2n) is 6.82. The average Bonchev–Trinajstić information content (AvgIpc) is 2.93. The van der Waals surface area contributed by atoms with Crippen LogP contribution in [0.1, 0.15) is 39.2 Å². The van der Waals surface area contributed by atoms with Crippen molar-refractivity contribution in [3.8, 4) is 5.69 Å². The van der Waals surface area contributed by atoms with E-state index in [1.165, 1.54) is 18.4 Å².